The molecule has 2 atom stereocenters. The highest BCUT2D eigenvalue weighted by molar-refractivity contribution is 4.89. The first-order valence-corrected chi connectivity index (χ1v) is 5.09. The van der Waals surface area contributed by atoms with Crippen molar-refractivity contribution < 1.29 is 0 Å². The molecular weight excluding hydrogens is 160 g/mol. The summed E-state index contributed by atoms with van der Waals surface area (Å²) in [5.74, 6) is 3.45. The van der Waals surface area contributed by atoms with Gasteiger partial charge in [-0.2, -0.15) is 0 Å². The molecule has 1 aliphatic rings. The number of hydrogen-bond donors (Lipinski definition) is 1. The van der Waals surface area contributed by atoms with E-state index in [0.29, 0.717) is 6.04 Å². The van der Waals surface area contributed by atoms with Gasteiger partial charge in [0.15, 0.2) is 0 Å². The standard InChI is InChI=1S/C11H20N2/c1-4-8-13(3)9-11-6-5-7-12-10(11)2/h1,10-12H,5-9H2,2-3H3. The van der Waals surface area contributed by atoms with Crippen LogP contribution in [0.5, 0.6) is 0 Å². The lowest BCUT2D eigenvalue weighted by Gasteiger charge is -2.32. The summed E-state index contributed by atoms with van der Waals surface area (Å²) < 4.78 is 0. The maximum Gasteiger partial charge on any atom is 0.0596 e. The third kappa shape index (κ3) is 3.38. The molecule has 1 rings (SSSR count). The first-order valence-electron chi connectivity index (χ1n) is 5.09. The minimum Gasteiger partial charge on any atom is -0.314 e. The van der Waals surface area contributed by atoms with E-state index in [1.807, 2.05) is 0 Å². The molecule has 1 heterocycles. The zero-order valence-corrected chi connectivity index (χ0v) is 8.71. The Morgan fingerprint density at radius 1 is 1.62 bits per heavy atom. The summed E-state index contributed by atoms with van der Waals surface area (Å²) in [6, 6.07) is 0.647. The van der Waals surface area contributed by atoms with Crippen molar-refractivity contribution in [1.29, 1.82) is 0 Å². The van der Waals surface area contributed by atoms with Crippen LogP contribution in [-0.2, 0) is 0 Å². The Morgan fingerprint density at radius 3 is 3.00 bits per heavy atom. The molecule has 2 nitrogen and oxygen atoms in total. The lowest BCUT2D eigenvalue weighted by molar-refractivity contribution is 0.219. The van der Waals surface area contributed by atoms with Gasteiger partial charge in [-0.15, -0.1) is 6.42 Å². The molecule has 0 aromatic rings. The second-order valence-corrected chi connectivity index (χ2v) is 4.05. The molecule has 0 radical (unpaired) electrons. The van der Waals surface area contributed by atoms with Crippen LogP contribution in [0, 0.1) is 18.3 Å². The molecule has 0 spiro atoms. The van der Waals surface area contributed by atoms with Crippen molar-refractivity contribution in [1.82, 2.24) is 10.2 Å². The SMILES string of the molecule is C#CCN(C)CC1CCCNC1C. The molecule has 2 unspecified atom stereocenters. The van der Waals surface area contributed by atoms with Crippen molar-refractivity contribution in [3.63, 3.8) is 0 Å². The number of hydrogen-bond acceptors (Lipinski definition) is 2. The van der Waals surface area contributed by atoms with Gasteiger partial charge in [-0.3, -0.25) is 4.90 Å². The largest absolute Gasteiger partial charge is 0.314 e. The molecule has 1 saturated heterocycles. The van der Waals surface area contributed by atoms with Gasteiger partial charge in [0.25, 0.3) is 0 Å². The van der Waals surface area contributed by atoms with Gasteiger partial charge in [-0.25, -0.2) is 0 Å². The molecule has 0 aromatic carbocycles. The van der Waals surface area contributed by atoms with E-state index in [1.54, 1.807) is 0 Å². The molecule has 1 N–H and O–H groups in total. The third-order valence-electron chi connectivity index (χ3n) is 2.83. The van der Waals surface area contributed by atoms with Crippen LogP contribution in [0.3, 0.4) is 0 Å². The van der Waals surface area contributed by atoms with Gasteiger partial charge in [-0.1, -0.05) is 5.92 Å². The summed E-state index contributed by atoms with van der Waals surface area (Å²) in [6.07, 6.45) is 7.90. The first kappa shape index (κ1) is 10.6. The van der Waals surface area contributed by atoms with Gasteiger partial charge in [0.1, 0.15) is 0 Å². The van der Waals surface area contributed by atoms with E-state index in [2.05, 4.69) is 30.1 Å². The van der Waals surface area contributed by atoms with Gasteiger partial charge in [0.05, 0.1) is 6.54 Å². The van der Waals surface area contributed by atoms with E-state index < -0.39 is 0 Å². The summed E-state index contributed by atoms with van der Waals surface area (Å²) >= 11 is 0. The van der Waals surface area contributed by atoms with Crippen LogP contribution in [0.25, 0.3) is 0 Å². The maximum atomic E-state index is 5.26. The molecule has 0 bridgehead atoms. The fourth-order valence-corrected chi connectivity index (χ4v) is 1.98. The van der Waals surface area contributed by atoms with Gasteiger partial charge in [0.2, 0.25) is 0 Å². The minimum absolute atomic E-state index is 0.647. The molecule has 1 fully saturated rings. The second kappa shape index (κ2) is 5.26. The van der Waals surface area contributed by atoms with Gasteiger partial charge < -0.3 is 5.32 Å². The van der Waals surface area contributed by atoms with E-state index in [-0.39, 0.29) is 0 Å². The lowest BCUT2D eigenvalue weighted by Crippen LogP contribution is -2.43. The monoisotopic (exact) mass is 180 g/mol. The molecule has 0 amide bonds. The molecule has 0 aliphatic carbocycles. The lowest BCUT2D eigenvalue weighted by atomic mass is 9.91. The van der Waals surface area contributed by atoms with Crippen molar-refractivity contribution in [2.75, 3.05) is 26.7 Å². The van der Waals surface area contributed by atoms with Crippen LogP contribution < -0.4 is 5.32 Å². The van der Waals surface area contributed by atoms with Gasteiger partial charge >= 0.3 is 0 Å². The topological polar surface area (TPSA) is 15.3 Å². The van der Waals surface area contributed by atoms with Crippen molar-refractivity contribution in [3.8, 4) is 12.3 Å². The fraction of sp³-hybridized carbons (Fsp3) is 0.818. The Hall–Kier alpha value is -0.520. The smallest absolute Gasteiger partial charge is 0.0596 e. The number of rotatable bonds is 3. The molecule has 1 aliphatic heterocycles. The molecule has 0 aromatic heterocycles. The number of nitrogens with zero attached hydrogens (tertiary/aromatic N) is 1. The average Bonchev–Trinajstić information content (AvgIpc) is 2.09. The number of nitrogens with one attached hydrogen (secondary N) is 1. The van der Waals surface area contributed by atoms with Crippen molar-refractivity contribution in [3.05, 3.63) is 0 Å². The predicted molar refractivity (Wildman–Crippen MR) is 56.5 cm³/mol. The molecule has 0 saturated carbocycles. The van der Waals surface area contributed by atoms with E-state index in [9.17, 15) is 0 Å². The van der Waals surface area contributed by atoms with Crippen LogP contribution in [0.2, 0.25) is 0 Å². The maximum absolute atomic E-state index is 5.26. The van der Waals surface area contributed by atoms with Gasteiger partial charge in [-0.05, 0) is 39.3 Å². The van der Waals surface area contributed by atoms with E-state index in [4.69, 9.17) is 6.42 Å². The summed E-state index contributed by atoms with van der Waals surface area (Å²) in [6.45, 7) is 5.34. The van der Waals surface area contributed by atoms with Crippen molar-refractivity contribution in [2.24, 2.45) is 5.92 Å². The third-order valence-corrected chi connectivity index (χ3v) is 2.83. The highest BCUT2D eigenvalue weighted by atomic mass is 15.1. The van der Waals surface area contributed by atoms with Gasteiger partial charge in [0, 0.05) is 12.6 Å². The number of piperidine rings is 1. The average molecular weight is 180 g/mol. The minimum atomic E-state index is 0.647. The van der Waals surface area contributed by atoms with Crippen LogP contribution in [-0.4, -0.2) is 37.6 Å². The summed E-state index contributed by atoms with van der Waals surface area (Å²) in [7, 11) is 2.10. The first-order chi connectivity index (χ1) is 6.24. The summed E-state index contributed by atoms with van der Waals surface area (Å²) in [5, 5.41) is 3.50. The van der Waals surface area contributed by atoms with Crippen LogP contribution in [0.1, 0.15) is 19.8 Å². The predicted octanol–water partition coefficient (Wildman–Crippen LogP) is 0.940. The van der Waals surface area contributed by atoms with Crippen LogP contribution >= 0.6 is 0 Å². The molecule has 74 valence electrons. The normalized spacial score (nSPS) is 28.8. The molecular formula is C11H20N2. The van der Waals surface area contributed by atoms with Crippen LogP contribution in [0.4, 0.5) is 0 Å². The van der Waals surface area contributed by atoms with Crippen molar-refractivity contribution in [2.45, 2.75) is 25.8 Å². The quantitative estimate of drug-likeness (QED) is 0.650. The Bertz CT molecular complexity index is 183. The van der Waals surface area contributed by atoms with E-state index in [0.717, 1.165) is 19.0 Å². The van der Waals surface area contributed by atoms with E-state index >= 15 is 0 Å². The second-order valence-electron chi connectivity index (χ2n) is 4.05. The highest BCUT2D eigenvalue weighted by Crippen LogP contribution is 2.16. The Kier molecular flexibility index (Phi) is 4.27. The van der Waals surface area contributed by atoms with E-state index in [1.165, 1.54) is 19.4 Å². The summed E-state index contributed by atoms with van der Waals surface area (Å²) in [4.78, 5) is 2.23. The molecule has 2 heteroatoms. The Morgan fingerprint density at radius 2 is 2.38 bits per heavy atom. The summed E-state index contributed by atoms with van der Waals surface area (Å²) in [5.41, 5.74) is 0. The Balaban J connectivity index is 2.30. The number of terminal acetylenes is 1. The van der Waals surface area contributed by atoms with Crippen molar-refractivity contribution >= 4 is 0 Å². The zero-order chi connectivity index (χ0) is 9.68. The van der Waals surface area contributed by atoms with Crippen LogP contribution in [0.15, 0.2) is 0 Å². The molecule has 13 heavy (non-hydrogen) atoms. The highest BCUT2D eigenvalue weighted by Gasteiger charge is 2.21. The fourth-order valence-electron chi connectivity index (χ4n) is 1.98. The zero-order valence-electron chi connectivity index (χ0n) is 8.71. The Labute approximate surface area is 81.7 Å².